The Hall–Kier alpha value is -2.72. The maximum absolute atomic E-state index is 6.08. The van der Waals surface area contributed by atoms with Crippen LogP contribution in [0.25, 0.3) is 33.5 Å². The number of rotatable bonds is 2. The second kappa shape index (κ2) is 5.24. The van der Waals surface area contributed by atoms with Crippen molar-refractivity contribution in [3.63, 3.8) is 0 Å². The van der Waals surface area contributed by atoms with Crippen molar-refractivity contribution in [2.45, 2.75) is 0 Å². The lowest BCUT2D eigenvalue weighted by molar-refractivity contribution is 1.30. The second-order valence-electron chi connectivity index (χ2n) is 4.86. The Bertz CT molecular complexity index is 933. The second-order valence-corrected chi connectivity index (χ2v) is 5.24. The Kier molecular flexibility index (Phi) is 3.09. The largest absolute Gasteiger partial charge is 0.353 e. The zero-order valence-electron chi connectivity index (χ0n) is 11.5. The number of nitrogens with zero attached hydrogens (tertiary/aromatic N) is 3. The van der Waals surface area contributed by atoms with Gasteiger partial charge in [0.15, 0.2) is 0 Å². The van der Waals surface area contributed by atoms with Crippen LogP contribution in [0, 0.1) is 0 Å². The molecule has 0 aliphatic rings. The molecule has 4 rings (SSSR count). The fourth-order valence-electron chi connectivity index (χ4n) is 2.54. The number of halogens is 1. The first kappa shape index (κ1) is 13.0. The number of aromatic nitrogens is 4. The van der Waals surface area contributed by atoms with Crippen LogP contribution in [-0.4, -0.2) is 19.9 Å². The first-order valence-electron chi connectivity index (χ1n) is 6.83. The van der Waals surface area contributed by atoms with Crippen molar-refractivity contribution in [3.05, 3.63) is 66.2 Å². The van der Waals surface area contributed by atoms with Gasteiger partial charge in [-0.15, -0.1) is 0 Å². The minimum atomic E-state index is 0.463. The molecule has 1 N–H and O–H groups in total. The van der Waals surface area contributed by atoms with Gasteiger partial charge in [-0.1, -0.05) is 17.7 Å². The van der Waals surface area contributed by atoms with Crippen LogP contribution in [0.15, 0.2) is 61.1 Å². The van der Waals surface area contributed by atoms with Crippen LogP contribution in [-0.2, 0) is 0 Å². The first-order valence-corrected chi connectivity index (χ1v) is 7.21. The van der Waals surface area contributed by atoms with Gasteiger partial charge in [0, 0.05) is 24.2 Å². The van der Waals surface area contributed by atoms with Crippen LogP contribution in [0.3, 0.4) is 0 Å². The summed E-state index contributed by atoms with van der Waals surface area (Å²) >= 11 is 6.08. The summed E-state index contributed by atoms with van der Waals surface area (Å²) in [5.41, 5.74) is 5.55. The molecule has 5 heteroatoms. The highest BCUT2D eigenvalue weighted by Crippen LogP contribution is 2.36. The standard InChI is InChI=1S/C17H11ClN4/c18-14-5-4-13-17(22-14)15(12-3-1-2-8-20-12)16(21-13)11-6-9-19-10-7-11/h1-10,21H. The fraction of sp³-hybridized carbons (Fsp3) is 0. The number of pyridine rings is 3. The van der Waals surface area contributed by atoms with Crippen LogP contribution in [0.2, 0.25) is 5.15 Å². The number of fused-ring (bicyclic) bond motifs is 1. The Morgan fingerprint density at radius 3 is 2.55 bits per heavy atom. The van der Waals surface area contributed by atoms with Crippen LogP contribution in [0.4, 0.5) is 0 Å². The predicted octanol–water partition coefficient (Wildman–Crippen LogP) is 4.34. The predicted molar refractivity (Wildman–Crippen MR) is 87.6 cm³/mol. The molecule has 0 atom stereocenters. The molecule has 0 bridgehead atoms. The van der Waals surface area contributed by atoms with E-state index in [1.165, 1.54) is 0 Å². The van der Waals surface area contributed by atoms with E-state index in [-0.39, 0.29) is 0 Å². The van der Waals surface area contributed by atoms with E-state index >= 15 is 0 Å². The summed E-state index contributed by atoms with van der Waals surface area (Å²) in [5.74, 6) is 0. The molecule has 0 aromatic carbocycles. The lowest BCUT2D eigenvalue weighted by atomic mass is 10.1. The van der Waals surface area contributed by atoms with Gasteiger partial charge < -0.3 is 4.98 Å². The van der Waals surface area contributed by atoms with E-state index in [4.69, 9.17) is 11.6 Å². The SMILES string of the molecule is Clc1ccc2[nH]c(-c3ccncc3)c(-c3ccccn3)c2n1. The van der Waals surface area contributed by atoms with Crippen molar-refractivity contribution in [2.24, 2.45) is 0 Å². The lowest BCUT2D eigenvalue weighted by Gasteiger charge is -2.04. The molecule has 0 spiro atoms. The van der Waals surface area contributed by atoms with Gasteiger partial charge in [-0.05, 0) is 36.4 Å². The monoisotopic (exact) mass is 306 g/mol. The van der Waals surface area contributed by atoms with Crippen molar-refractivity contribution in [1.29, 1.82) is 0 Å². The molecule has 0 aliphatic heterocycles. The fourth-order valence-corrected chi connectivity index (χ4v) is 2.68. The molecule has 22 heavy (non-hydrogen) atoms. The van der Waals surface area contributed by atoms with E-state index in [1.54, 1.807) is 24.7 Å². The molecule has 4 aromatic rings. The van der Waals surface area contributed by atoms with Crippen LogP contribution < -0.4 is 0 Å². The zero-order valence-corrected chi connectivity index (χ0v) is 12.2. The summed E-state index contributed by atoms with van der Waals surface area (Å²) < 4.78 is 0. The third-order valence-corrected chi connectivity index (χ3v) is 3.71. The molecule has 0 radical (unpaired) electrons. The molecule has 0 unspecified atom stereocenters. The van der Waals surface area contributed by atoms with Gasteiger partial charge >= 0.3 is 0 Å². The molecule has 4 aromatic heterocycles. The van der Waals surface area contributed by atoms with Crippen LogP contribution in [0.1, 0.15) is 0 Å². The molecule has 106 valence electrons. The van der Waals surface area contributed by atoms with Gasteiger partial charge in [-0.2, -0.15) is 0 Å². The molecule has 0 fully saturated rings. The molecule has 0 amide bonds. The zero-order chi connectivity index (χ0) is 14.9. The molecule has 0 saturated carbocycles. The summed E-state index contributed by atoms with van der Waals surface area (Å²) in [7, 11) is 0. The highest BCUT2D eigenvalue weighted by atomic mass is 35.5. The third-order valence-electron chi connectivity index (χ3n) is 3.50. The lowest BCUT2D eigenvalue weighted by Crippen LogP contribution is -1.86. The van der Waals surface area contributed by atoms with E-state index in [0.29, 0.717) is 5.15 Å². The molecule has 4 nitrogen and oxygen atoms in total. The normalized spacial score (nSPS) is 11.0. The minimum absolute atomic E-state index is 0.463. The van der Waals surface area contributed by atoms with Gasteiger partial charge in [-0.25, -0.2) is 4.98 Å². The van der Waals surface area contributed by atoms with E-state index in [9.17, 15) is 0 Å². The van der Waals surface area contributed by atoms with Crippen molar-refractivity contribution in [2.75, 3.05) is 0 Å². The number of hydrogen-bond donors (Lipinski definition) is 1. The minimum Gasteiger partial charge on any atom is -0.353 e. The van der Waals surface area contributed by atoms with Crippen molar-refractivity contribution in [3.8, 4) is 22.5 Å². The van der Waals surface area contributed by atoms with Gasteiger partial charge in [0.1, 0.15) is 5.15 Å². The van der Waals surface area contributed by atoms with Crippen LogP contribution >= 0.6 is 11.6 Å². The number of aromatic amines is 1. The summed E-state index contributed by atoms with van der Waals surface area (Å²) in [6, 6.07) is 13.4. The van der Waals surface area contributed by atoms with E-state index in [0.717, 1.165) is 33.5 Å². The maximum atomic E-state index is 6.08. The molecule has 4 heterocycles. The molecule has 0 aliphatic carbocycles. The first-order chi connectivity index (χ1) is 10.8. The van der Waals surface area contributed by atoms with Crippen molar-refractivity contribution >= 4 is 22.6 Å². The molecular formula is C17H11ClN4. The summed E-state index contributed by atoms with van der Waals surface area (Å²) in [4.78, 5) is 16.4. The summed E-state index contributed by atoms with van der Waals surface area (Å²) in [5, 5.41) is 0.463. The smallest absolute Gasteiger partial charge is 0.129 e. The maximum Gasteiger partial charge on any atom is 0.129 e. The van der Waals surface area contributed by atoms with Gasteiger partial charge in [0.2, 0.25) is 0 Å². The van der Waals surface area contributed by atoms with E-state index in [1.807, 2.05) is 36.4 Å². The Morgan fingerprint density at radius 2 is 1.77 bits per heavy atom. The highest BCUT2D eigenvalue weighted by Gasteiger charge is 2.17. The van der Waals surface area contributed by atoms with Crippen molar-refractivity contribution in [1.82, 2.24) is 19.9 Å². The Morgan fingerprint density at radius 1 is 0.909 bits per heavy atom. The topological polar surface area (TPSA) is 54.5 Å². The molecular weight excluding hydrogens is 296 g/mol. The number of H-pyrrole nitrogens is 1. The van der Waals surface area contributed by atoms with Crippen LogP contribution in [0.5, 0.6) is 0 Å². The average Bonchev–Trinajstić information content (AvgIpc) is 2.95. The number of nitrogens with one attached hydrogen (secondary N) is 1. The molecule has 0 saturated heterocycles. The number of hydrogen-bond acceptors (Lipinski definition) is 3. The third kappa shape index (κ3) is 2.14. The van der Waals surface area contributed by atoms with Gasteiger partial charge in [0.25, 0.3) is 0 Å². The van der Waals surface area contributed by atoms with Gasteiger partial charge in [0.05, 0.1) is 28.0 Å². The van der Waals surface area contributed by atoms with Gasteiger partial charge in [-0.3, -0.25) is 9.97 Å². The van der Waals surface area contributed by atoms with E-state index in [2.05, 4.69) is 19.9 Å². The Labute approximate surface area is 131 Å². The van der Waals surface area contributed by atoms with Crippen molar-refractivity contribution < 1.29 is 0 Å². The summed E-state index contributed by atoms with van der Waals surface area (Å²) in [6.45, 7) is 0. The quantitative estimate of drug-likeness (QED) is 0.560. The summed E-state index contributed by atoms with van der Waals surface area (Å²) in [6.07, 6.45) is 5.31. The highest BCUT2D eigenvalue weighted by molar-refractivity contribution is 6.30. The van der Waals surface area contributed by atoms with E-state index < -0.39 is 0 Å². The Balaban J connectivity index is 2.08. The average molecular weight is 307 g/mol.